The molecule has 0 spiro atoms. The SMILES string of the molecule is CCCCCCCCCCCCCCCCN1C(=O)C(=O)/C(=C(/O)c2ccc([N+](=O)[O-])cc2)[C@H]1c1ccc(O)c(OC)c1. The molecule has 1 atom stereocenters. The number of ketones is 1. The van der Waals surface area contributed by atoms with Gasteiger partial charge in [-0.2, -0.15) is 0 Å². The number of carbonyl (C=O) groups excluding carboxylic acids is 2. The van der Waals surface area contributed by atoms with Crippen LogP contribution >= 0.6 is 0 Å². The molecule has 1 saturated heterocycles. The summed E-state index contributed by atoms with van der Waals surface area (Å²) in [5.41, 5.74) is 0.435. The number of aliphatic hydroxyl groups excluding tert-OH is 1. The minimum atomic E-state index is -0.897. The van der Waals surface area contributed by atoms with E-state index in [-0.39, 0.29) is 28.3 Å². The lowest BCUT2D eigenvalue weighted by Crippen LogP contribution is -2.30. The highest BCUT2D eigenvalue weighted by Gasteiger charge is 2.46. The van der Waals surface area contributed by atoms with E-state index in [1.165, 1.54) is 107 Å². The quantitative estimate of drug-likeness (QED) is 0.0418. The fraction of sp³-hybridized carbons (Fsp3) is 0.529. The normalized spacial score (nSPS) is 16.1. The van der Waals surface area contributed by atoms with Gasteiger partial charge in [-0.05, 0) is 36.2 Å². The number of nitrogens with zero attached hydrogens (tertiary/aromatic N) is 2. The number of non-ortho nitro benzene ring substituents is 1. The zero-order chi connectivity index (χ0) is 31.2. The number of hydrogen-bond acceptors (Lipinski definition) is 7. The minimum absolute atomic E-state index is 0.0921. The van der Waals surface area contributed by atoms with Crippen LogP contribution in [0.2, 0.25) is 0 Å². The Morgan fingerprint density at radius 2 is 1.40 bits per heavy atom. The molecular formula is C34H46N2O7. The van der Waals surface area contributed by atoms with Crippen LogP contribution in [-0.2, 0) is 9.59 Å². The molecule has 0 aromatic heterocycles. The molecule has 1 fully saturated rings. The first-order valence-electron chi connectivity index (χ1n) is 15.7. The number of carbonyl (C=O) groups is 2. The van der Waals surface area contributed by atoms with Crippen molar-refractivity contribution in [2.75, 3.05) is 13.7 Å². The van der Waals surface area contributed by atoms with Gasteiger partial charge >= 0.3 is 0 Å². The molecule has 9 nitrogen and oxygen atoms in total. The van der Waals surface area contributed by atoms with Crippen LogP contribution in [0.4, 0.5) is 5.69 Å². The number of phenols is 1. The van der Waals surface area contributed by atoms with Crippen LogP contribution in [0.1, 0.15) is 114 Å². The molecule has 1 amide bonds. The molecule has 2 N–H and O–H groups in total. The number of benzene rings is 2. The van der Waals surface area contributed by atoms with E-state index in [2.05, 4.69) is 6.92 Å². The molecule has 1 heterocycles. The number of unbranched alkanes of at least 4 members (excludes halogenated alkanes) is 13. The number of likely N-dealkylation sites (tertiary alicyclic amines) is 1. The van der Waals surface area contributed by atoms with E-state index in [4.69, 9.17) is 4.74 Å². The number of nitro benzene ring substituents is 1. The summed E-state index contributed by atoms with van der Waals surface area (Å²) in [4.78, 5) is 38.5. The zero-order valence-electron chi connectivity index (χ0n) is 25.6. The fourth-order valence-corrected chi connectivity index (χ4v) is 5.69. The lowest BCUT2D eigenvalue weighted by atomic mass is 9.94. The second-order valence-corrected chi connectivity index (χ2v) is 11.3. The predicted molar refractivity (Wildman–Crippen MR) is 167 cm³/mol. The van der Waals surface area contributed by atoms with Crippen LogP contribution in [0.15, 0.2) is 48.0 Å². The number of hydrogen-bond donors (Lipinski definition) is 2. The largest absolute Gasteiger partial charge is 0.507 e. The van der Waals surface area contributed by atoms with E-state index in [1.807, 2.05) is 0 Å². The van der Waals surface area contributed by atoms with Crippen molar-refractivity contribution in [1.29, 1.82) is 0 Å². The molecule has 3 rings (SSSR count). The summed E-state index contributed by atoms with van der Waals surface area (Å²) in [6, 6.07) is 8.84. The topological polar surface area (TPSA) is 130 Å². The van der Waals surface area contributed by atoms with Crippen molar-refractivity contribution < 1.29 is 29.5 Å². The lowest BCUT2D eigenvalue weighted by molar-refractivity contribution is -0.384. The summed E-state index contributed by atoms with van der Waals surface area (Å²) in [6.45, 7) is 2.57. The Morgan fingerprint density at radius 3 is 1.91 bits per heavy atom. The monoisotopic (exact) mass is 594 g/mol. The van der Waals surface area contributed by atoms with Gasteiger partial charge in [0.15, 0.2) is 11.5 Å². The van der Waals surface area contributed by atoms with Gasteiger partial charge in [0.25, 0.3) is 17.4 Å². The molecular weight excluding hydrogens is 548 g/mol. The first kappa shape index (κ1) is 33.6. The van der Waals surface area contributed by atoms with Gasteiger partial charge in [-0.1, -0.05) is 96.5 Å². The highest BCUT2D eigenvalue weighted by atomic mass is 16.6. The summed E-state index contributed by atoms with van der Waals surface area (Å²) in [6.07, 6.45) is 16.8. The molecule has 1 aliphatic heterocycles. The van der Waals surface area contributed by atoms with E-state index in [1.54, 1.807) is 12.1 Å². The van der Waals surface area contributed by atoms with E-state index >= 15 is 0 Å². The Balaban J connectivity index is 1.63. The maximum absolute atomic E-state index is 13.3. The second-order valence-electron chi connectivity index (χ2n) is 11.3. The molecule has 9 heteroatoms. The van der Waals surface area contributed by atoms with Gasteiger partial charge in [0.1, 0.15) is 5.76 Å². The first-order valence-corrected chi connectivity index (χ1v) is 15.7. The third-order valence-corrected chi connectivity index (χ3v) is 8.16. The maximum atomic E-state index is 13.3. The van der Waals surface area contributed by atoms with Crippen molar-refractivity contribution in [3.8, 4) is 11.5 Å². The van der Waals surface area contributed by atoms with Crippen LogP contribution in [0.5, 0.6) is 11.5 Å². The number of methoxy groups -OCH3 is 1. The Bertz CT molecular complexity index is 1260. The van der Waals surface area contributed by atoms with Gasteiger partial charge in [0.2, 0.25) is 0 Å². The first-order chi connectivity index (χ1) is 20.8. The number of aliphatic hydroxyl groups is 1. The number of nitro groups is 1. The van der Waals surface area contributed by atoms with Crippen molar-refractivity contribution in [3.63, 3.8) is 0 Å². The van der Waals surface area contributed by atoms with Gasteiger partial charge in [0.05, 0.1) is 23.6 Å². The third kappa shape index (κ3) is 9.30. The summed E-state index contributed by atoms with van der Waals surface area (Å²) < 4.78 is 5.26. The molecule has 0 aliphatic carbocycles. The van der Waals surface area contributed by atoms with Gasteiger partial charge < -0.3 is 19.8 Å². The highest BCUT2D eigenvalue weighted by molar-refractivity contribution is 6.46. The number of aromatic hydroxyl groups is 1. The summed E-state index contributed by atoms with van der Waals surface area (Å²) >= 11 is 0. The number of ether oxygens (including phenoxy) is 1. The standard InChI is InChI=1S/C34H46N2O7/c1-3-4-5-6-7-8-9-10-11-12-13-14-15-16-23-35-31(26-19-22-28(37)29(24-26)43-2)30(33(39)34(35)40)32(38)25-17-20-27(21-18-25)36(41)42/h17-22,24,31,37-38H,3-16,23H2,1-2H3/b32-30+/t31-/m1/s1. The highest BCUT2D eigenvalue weighted by Crippen LogP contribution is 2.42. The van der Waals surface area contributed by atoms with Gasteiger partial charge in [-0.25, -0.2) is 0 Å². The second kappa shape index (κ2) is 17.3. The van der Waals surface area contributed by atoms with Gasteiger partial charge in [-0.3, -0.25) is 19.7 Å². The van der Waals surface area contributed by atoms with E-state index in [9.17, 15) is 29.9 Å². The molecule has 234 valence electrons. The van der Waals surface area contributed by atoms with E-state index in [0.29, 0.717) is 18.5 Å². The van der Waals surface area contributed by atoms with Crippen molar-refractivity contribution in [1.82, 2.24) is 4.90 Å². The van der Waals surface area contributed by atoms with Crippen molar-refractivity contribution in [2.24, 2.45) is 0 Å². The number of phenolic OH excluding ortho intramolecular Hbond substituents is 1. The van der Waals surface area contributed by atoms with Gasteiger partial charge in [0, 0.05) is 24.2 Å². The van der Waals surface area contributed by atoms with E-state index < -0.39 is 28.4 Å². The molecule has 0 bridgehead atoms. The van der Waals surface area contributed by atoms with Crippen LogP contribution < -0.4 is 4.74 Å². The Kier molecular flexibility index (Phi) is 13.5. The van der Waals surface area contributed by atoms with Crippen molar-refractivity contribution in [3.05, 3.63) is 69.3 Å². The Labute approximate surface area is 254 Å². The maximum Gasteiger partial charge on any atom is 0.295 e. The predicted octanol–water partition coefficient (Wildman–Crippen LogP) is 8.21. The smallest absolute Gasteiger partial charge is 0.295 e. The van der Waals surface area contributed by atoms with Crippen LogP contribution in [-0.4, -0.2) is 45.4 Å². The van der Waals surface area contributed by atoms with Crippen molar-refractivity contribution in [2.45, 2.75) is 103 Å². The molecule has 0 radical (unpaired) electrons. The Morgan fingerprint density at radius 1 is 0.860 bits per heavy atom. The minimum Gasteiger partial charge on any atom is -0.507 e. The molecule has 0 unspecified atom stereocenters. The summed E-state index contributed by atoms with van der Waals surface area (Å²) in [5.74, 6) is -1.86. The number of amides is 1. The molecule has 0 saturated carbocycles. The Hall–Kier alpha value is -3.88. The fourth-order valence-electron chi connectivity index (χ4n) is 5.69. The number of rotatable bonds is 19. The van der Waals surface area contributed by atoms with Gasteiger partial charge in [-0.15, -0.1) is 0 Å². The summed E-state index contributed by atoms with van der Waals surface area (Å²) in [5, 5.41) is 32.4. The van der Waals surface area contributed by atoms with E-state index in [0.717, 1.165) is 19.3 Å². The molecule has 2 aromatic carbocycles. The van der Waals surface area contributed by atoms with Crippen LogP contribution in [0, 0.1) is 10.1 Å². The average Bonchev–Trinajstić information content (AvgIpc) is 3.26. The lowest BCUT2D eigenvalue weighted by Gasteiger charge is -2.26. The molecule has 43 heavy (non-hydrogen) atoms. The van der Waals surface area contributed by atoms with Crippen LogP contribution in [0.3, 0.4) is 0 Å². The summed E-state index contributed by atoms with van der Waals surface area (Å²) in [7, 11) is 1.40. The average molecular weight is 595 g/mol. The van der Waals surface area contributed by atoms with Crippen LogP contribution in [0.25, 0.3) is 5.76 Å². The van der Waals surface area contributed by atoms with Crippen molar-refractivity contribution >= 4 is 23.1 Å². The third-order valence-electron chi connectivity index (χ3n) is 8.16. The zero-order valence-corrected chi connectivity index (χ0v) is 25.6. The number of Topliss-reactive ketones (excluding diaryl/α,β-unsaturated/α-hetero) is 1. The molecule has 2 aromatic rings. The molecule has 1 aliphatic rings.